The Morgan fingerprint density at radius 3 is 2.84 bits per heavy atom. The Labute approximate surface area is 148 Å². The molecule has 2 aromatic heterocycles. The number of esters is 1. The molecule has 0 bridgehead atoms. The average molecular weight is 358 g/mol. The van der Waals surface area contributed by atoms with E-state index >= 15 is 0 Å². The summed E-state index contributed by atoms with van der Waals surface area (Å²) in [5, 5.41) is 4.65. The van der Waals surface area contributed by atoms with Gasteiger partial charge in [0, 0.05) is 0 Å². The van der Waals surface area contributed by atoms with Crippen molar-refractivity contribution in [2.45, 2.75) is 30.7 Å². The zero-order valence-electron chi connectivity index (χ0n) is 14.1. The number of hydrogen-bond acceptors (Lipinski definition) is 6. The van der Waals surface area contributed by atoms with E-state index in [2.05, 4.69) is 15.1 Å². The molecule has 0 saturated heterocycles. The quantitative estimate of drug-likeness (QED) is 0.428. The predicted octanol–water partition coefficient (Wildman–Crippen LogP) is 2.46. The summed E-state index contributed by atoms with van der Waals surface area (Å²) in [6.45, 7) is 3.85. The second-order valence-electron chi connectivity index (χ2n) is 5.49. The third-order valence-corrected chi connectivity index (χ3v) is 5.08. The van der Waals surface area contributed by atoms with E-state index in [1.54, 1.807) is 4.68 Å². The van der Waals surface area contributed by atoms with E-state index in [0.717, 1.165) is 11.3 Å². The number of nitrogens with zero attached hydrogens (tertiary/aromatic N) is 3. The van der Waals surface area contributed by atoms with E-state index in [4.69, 9.17) is 4.74 Å². The highest BCUT2D eigenvalue weighted by Gasteiger charge is 2.21. The first-order valence-corrected chi connectivity index (χ1v) is 8.71. The highest BCUT2D eigenvalue weighted by Crippen LogP contribution is 2.24. The van der Waals surface area contributed by atoms with Crippen LogP contribution in [-0.2, 0) is 9.53 Å². The Hall–Kier alpha value is -2.61. The van der Waals surface area contributed by atoms with E-state index in [1.165, 1.54) is 25.1 Å². The molecule has 8 heteroatoms. The van der Waals surface area contributed by atoms with Gasteiger partial charge in [0.25, 0.3) is 5.56 Å². The lowest BCUT2D eigenvalue weighted by molar-refractivity contribution is -0.140. The van der Waals surface area contributed by atoms with Crippen LogP contribution in [0.2, 0.25) is 0 Å². The predicted molar refractivity (Wildman–Crippen MR) is 96.2 cm³/mol. The van der Waals surface area contributed by atoms with Crippen LogP contribution < -0.4 is 5.56 Å². The number of nitrogens with one attached hydrogen (secondary N) is 1. The summed E-state index contributed by atoms with van der Waals surface area (Å²) >= 11 is 1.18. The van der Waals surface area contributed by atoms with Gasteiger partial charge < -0.3 is 9.72 Å². The van der Waals surface area contributed by atoms with Crippen LogP contribution in [0.25, 0.3) is 16.7 Å². The minimum Gasteiger partial charge on any atom is -0.468 e. The first-order valence-electron chi connectivity index (χ1n) is 7.83. The molecule has 0 radical (unpaired) electrons. The molecule has 25 heavy (non-hydrogen) atoms. The van der Waals surface area contributed by atoms with Crippen molar-refractivity contribution in [2.24, 2.45) is 0 Å². The van der Waals surface area contributed by atoms with Gasteiger partial charge in [-0.15, -0.1) is 0 Å². The van der Waals surface area contributed by atoms with Gasteiger partial charge in [-0.25, -0.2) is 9.67 Å². The monoisotopic (exact) mass is 358 g/mol. The Morgan fingerprint density at radius 1 is 1.40 bits per heavy atom. The van der Waals surface area contributed by atoms with Gasteiger partial charge >= 0.3 is 5.97 Å². The fourth-order valence-corrected chi connectivity index (χ4v) is 3.42. The molecule has 7 nitrogen and oxygen atoms in total. The molecule has 1 N–H and O–H groups in total. The number of para-hydroxylation sites is 1. The number of carbonyl (C=O) groups excluding carboxylic acids is 1. The normalized spacial score (nSPS) is 12.3. The molecule has 1 aromatic carbocycles. The Bertz CT molecular complexity index is 979. The van der Waals surface area contributed by atoms with E-state index in [-0.39, 0.29) is 11.5 Å². The minimum atomic E-state index is -0.430. The second-order valence-corrected chi connectivity index (χ2v) is 6.68. The number of aromatic nitrogens is 4. The van der Waals surface area contributed by atoms with Crippen molar-refractivity contribution in [1.82, 2.24) is 19.7 Å². The lowest BCUT2D eigenvalue weighted by atomic mass is 10.2. The largest absolute Gasteiger partial charge is 0.468 e. The summed E-state index contributed by atoms with van der Waals surface area (Å²) in [4.78, 5) is 31.4. The van der Waals surface area contributed by atoms with Crippen molar-refractivity contribution in [3.05, 3.63) is 46.4 Å². The molecule has 0 amide bonds. The summed E-state index contributed by atoms with van der Waals surface area (Å²) in [6.07, 6.45) is 2.07. The Kier molecular flexibility index (Phi) is 4.89. The van der Waals surface area contributed by atoms with Crippen molar-refractivity contribution in [2.75, 3.05) is 7.11 Å². The number of ether oxygens (including phenoxy) is 1. The zero-order valence-corrected chi connectivity index (χ0v) is 15.0. The summed E-state index contributed by atoms with van der Waals surface area (Å²) in [5.41, 5.74) is 2.05. The van der Waals surface area contributed by atoms with E-state index in [0.29, 0.717) is 22.6 Å². The molecule has 3 rings (SSSR count). The smallest absolute Gasteiger partial charge is 0.319 e. The van der Waals surface area contributed by atoms with Gasteiger partial charge in [-0.1, -0.05) is 36.9 Å². The standard InChI is InChI=1S/C17H18N4O3S/c1-4-13(16(23)24-3)25-17-19-14-11(15(22)20-17)9-18-21(14)12-8-6-5-7-10(12)2/h5-9,13H,4H2,1-3H3,(H,19,20,22). The third-order valence-electron chi connectivity index (χ3n) is 3.85. The minimum absolute atomic E-state index is 0.285. The SMILES string of the molecule is CCC(Sc1nc2c(cnn2-c2ccccc2C)c(=O)[nH]1)C(=O)OC. The number of fused-ring (bicyclic) bond motifs is 1. The lowest BCUT2D eigenvalue weighted by Crippen LogP contribution is -2.19. The van der Waals surface area contributed by atoms with Crippen LogP contribution in [0.4, 0.5) is 0 Å². The van der Waals surface area contributed by atoms with Gasteiger partial charge in [0.1, 0.15) is 10.6 Å². The number of hydrogen-bond donors (Lipinski definition) is 1. The molecule has 0 aliphatic carbocycles. The van der Waals surface area contributed by atoms with Gasteiger partial charge in [0.2, 0.25) is 0 Å². The number of methoxy groups -OCH3 is 1. The zero-order chi connectivity index (χ0) is 18.0. The maximum absolute atomic E-state index is 12.4. The molecule has 0 aliphatic heterocycles. The van der Waals surface area contributed by atoms with E-state index in [9.17, 15) is 9.59 Å². The number of H-pyrrole nitrogens is 1. The molecule has 0 fully saturated rings. The Morgan fingerprint density at radius 2 is 2.16 bits per heavy atom. The van der Waals surface area contributed by atoms with E-state index in [1.807, 2.05) is 38.1 Å². The number of benzene rings is 1. The van der Waals surface area contributed by atoms with Gasteiger partial charge in [-0.05, 0) is 25.0 Å². The number of carbonyl (C=O) groups is 1. The number of rotatable bonds is 5. The first-order chi connectivity index (χ1) is 12.0. The van der Waals surface area contributed by atoms with Gasteiger partial charge in [0.15, 0.2) is 10.8 Å². The summed E-state index contributed by atoms with van der Waals surface area (Å²) < 4.78 is 6.43. The van der Waals surface area contributed by atoms with Crippen LogP contribution in [-0.4, -0.2) is 38.1 Å². The third kappa shape index (κ3) is 3.30. The maximum atomic E-state index is 12.4. The van der Waals surface area contributed by atoms with E-state index < -0.39 is 5.25 Å². The fourth-order valence-electron chi connectivity index (χ4n) is 2.50. The molecule has 0 aliphatic rings. The molecule has 130 valence electrons. The topological polar surface area (TPSA) is 89.9 Å². The molecule has 1 atom stereocenters. The molecule has 2 heterocycles. The molecule has 3 aromatic rings. The number of aryl methyl sites for hydroxylation is 1. The van der Waals surface area contributed by atoms with Crippen molar-refractivity contribution in [1.29, 1.82) is 0 Å². The molecular formula is C17H18N4O3S. The number of aromatic amines is 1. The van der Waals surface area contributed by atoms with Gasteiger partial charge in [-0.3, -0.25) is 9.59 Å². The highest BCUT2D eigenvalue weighted by atomic mass is 32.2. The highest BCUT2D eigenvalue weighted by molar-refractivity contribution is 8.00. The Balaban J connectivity index is 2.09. The second kappa shape index (κ2) is 7.10. The molecule has 0 saturated carbocycles. The van der Waals surface area contributed by atoms with Gasteiger partial charge in [0.05, 0.1) is 19.0 Å². The van der Waals surface area contributed by atoms with Gasteiger partial charge in [-0.2, -0.15) is 5.10 Å². The molecule has 0 spiro atoms. The van der Waals surface area contributed by atoms with Crippen LogP contribution in [0.5, 0.6) is 0 Å². The van der Waals surface area contributed by atoms with Crippen molar-refractivity contribution >= 4 is 28.8 Å². The summed E-state index contributed by atoms with van der Waals surface area (Å²) in [7, 11) is 1.35. The number of thioether (sulfide) groups is 1. The first kappa shape index (κ1) is 17.2. The molecule has 1 unspecified atom stereocenters. The van der Waals surface area contributed by atoms with Crippen LogP contribution in [0, 0.1) is 6.92 Å². The molecular weight excluding hydrogens is 340 g/mol. The maximum Gasteiger partial charge on any atom is 0.319 e. The fraction of sp³-hybridized carbons (Fsp3) is 0.294. The van der Waals surface area contributed by atoms with Crippen molar-refractivity contribution in [3.63, 3.8) is 0 Å². The van der Waals surface area contributed by atoms with Crippen LogP contribution >= 0.6 is 11.8 Å². The lowest BCUT2D eigenvalue weighted by Gasteiger charge is -2.11. The van der Waals surface area contributed by atoms with Crippen molar-refractivity contribution < 1.29 is 9.53 Å². The summed E-state index contributed by atoms with van der Waals surface area (Å²) in [6, 6.07) is 7.73. The van der Waals surface area contributed by atoms with Crippen LogP contribution in [0.15, 0.2) is 40.4 Å². The summed E-state index contributed by atoms with van der Waals surface area (Å²) in [5.74, 6) is -0.345. The van der Waals surface area contributed by atoms with Crippen molar-refractivity contribution in [3.8, 4) is 5.69 Å². The van der Waals surface area contributed by atoms with Crippen LogP contribution in [0.1, 0.15) is 18.9 Å². The average Bonchev–Trinajstić information content (AvgIpc) is 3.03. The van der Waals surface area contributed by atoms with Crippen LogP contribution in [0.3, 0.4) is 0 Å².